The predicted octanol–water partition coefficient (Wildman–Crippen LogP) is 1.64. The minimum atomic E-state index is -4.96. The first-order valence-electron chi connectivity index (χ1n) is 4.24. The van der Waals surface area contributed by atoms with Crippen molar-refractivity contribution in [3.05, 3.63) is 0 Å². The highest BCUT2D eigenvalue weighted by molar-refractivity contribution is 5.75. The molecule has 0 aromatic rings. The third-order valence-corrected chi connectivity index (χ3v) is 1.55. The van der Waals surface area contributed by atoms with Gasteiger partial charge in [0.05, 0.1) is 6.10 Å². The SMILES string of the molecule is CCCC(C)OC(=O)[C@H](O)C(F)(F)F. The lowest BCUT2D eigenvalue weighted by molar-refractivity contribution is -0.220. The Balaban J connectivity index is 4.08. The summed E-state index contributed by atoms with van der Waals surface area (Å²) in [7, 11) is 0. The van der Waals surface area contributed by atoms with Gasteiger partial charge in [0.15, 0.2) is 0 Å². The summed E-state index contributed by atoms with van der Waals surface area (Å²) in [6.07, 6.45) is -7.44. The molecular weight excluding hydrogens is 201 g/mol. The molecule has 0 aliphatic rings. The van der Waals surface area contributed by atoms with Crippen LogP contribution in [-0.2, 0) is 9.53 Å². The Hall–Kier alpha value is -0.780. The average Bonchev–Trinajstić information content (AvgIpc) is 2.01. The number of halogens is 3. The predicted molar refractivity (Wildman–Crippen MR) is 42.5 cm³/mol. The van der Waals surface area contributed by atoms with Crippen LogP contribution in [0.3, 0.4) is 0 Å². The zero-order valence-corrected chi connectivity index (χ0v) is 7.97. The molecule has 0 aliphatic heterocycles. The molecule has 2 atom stereocenters. The van der Waals surface area contributed by atoms with E-state index in [1.165, 1.54) is 6.92 Å². The number of esters is 1. The van der Waals surface area contributed by atoms with E-state index >= 15 is 0 Å². The summed E-state index contributed by atoms with van der Waals surface area (Å²) in [5.41, 5.74) is 0. The van der Waals surface area contributed by atoms with Crippen molar-refractivity contribution >= 4 is 5.97 Å². The molecule has 0 radical (unpaired) electrons. The molecule has 0 spiro atoms. The molecule has 0 saturated heterocycles. The van der Waals surface area contributed by atoms with Crippen molar-refractivity contribution in [1.82, 2.24) is 0 Å². The van der Waals surface area contributed by atoms with Crippen LogP contribution in [0.1, 0.15) is 26.7 Å². The van der Waals surface area contributed by atoms with Gasteiger partial charge in [-0.2, -0.15) is 13.2 Å². The summed E-state index contributed by atoms with van der Waals surface area (Å²) < 4.78 is 39.7. The molecule has 0 fully saturated rings. The molecule has 0 amide bonds. The zero-order chi connectivity index (χ0) is 11.4. The smallest absolute Gasteiger partial charge is 0.425 e. The number of rotatable bonds is 4. The zero-order valence-electron chi connectivity index (χ0n) is 7.97. The van der Waals surface area contributed by atoms with Gasteiger partial charge in [-0.15, -0.1) is 0 Å². The number of aliphatic hydroxyl groups excluding tert-OH is 1. The number of carbonyl (C=O) groups excluding carboxylic acids is 1. The fraction of sp³-hybridized carbons (Fsp3) is 0.875. The lowest BCUT2D eigenvalue weighted by Crippen LogP contribution is -2.39. The number of hydrogen-bond donors (Lipinski definition) is 1. The Morgan fingerprint density at radius 3 is 2.36 bits per heavy atom. The Bertz CT molecular complexity index is 191. The van der Waals surface area contributed by atoms with Gasteiger partial charge in [0.1, 0.15) is 0 Å². The Kier molecular flexibility index (Phi) is 4.90. The van der Waals surface area contributed by atoms with Gasteiger partial charge in [0, 0.05) is 0 Å². The molecule has 84 valence electrons. The van der Waals surface area contributed by atoms with E-state index in [1.807, 2.05) is 6.92 Å². The van der Waals surface area contributed by atoms with E-state index in [0.717, 1.165) is 0 Å². The normalized spacial score (nSPS) is 16.1. The average molecular weight is 214 g/mol. The van der Waals surface area contributed by atoms with Crippen LogP contribution in [0.2, 0.25) is 0 Å². The molecule has 0 bridgehead atoms. The van der Waals surface area contributed by atoms with Gasteiger partial charge in [-0.3, -0.25) is 0 Å². The first-order chi connectivity index (χ1) is 6.29. The van der Waals surface area contributed by atoms with E-state index in [9.17, 15) is 18.0 Å². The molecule has 1 N–H and O–H groups in total. The maximum atomic E-state index is 11.8. The maximum Gasteiger partial charge on any atom is 0.425 e. The molecule has 0 aromatic carbocycles. The third kappa shape index (κ3) is 4.45. The van der Waals surface area contributed by atoms with Crippen molar-refractivity contribution in [2.75, 3.05) is 0 Å². The summed E-state index contributed by atoms with van der Waals surface area (Å²) in [5.74, 6) is -1.64. The largest absolute Gasteiger partial charge is 0.461 e. The Morgan fingerprint density at radius 1 is 1.50 bits per heavy atom. The van der Waals surface area contributed by atoms with Crippen molar-refractivity contribution < 1.29 is 27.8 Å². The van der Waals surface area contributed by atoms with Gasteiger partial charge in [0.25, 0.3) is 0 Å². The highest BCUT2D eigenvalue weighted by Gasteiger charge is 2.45. The second kappa shape index (κ2) is 5.19. The first-order valence-corrected chi connectivity index (χ1v) is 4.24. The van der Waals surface area contributed by atoms with Gasteiger partial charge in [-0.25, -0.2) is 4.79 Å². The molecular formula is C8H13F3O3. The van der Waals surface area contributed by atoms with Crippen molar-refractivity contribution in [3.8, 4) is 0 Å². The van der Waals surface area contributed by atoms with Crippen LogP contribution >= 0.6 is 0 Å². The van der Waals surface area contributed by atoms with Crippen LogP contribution in [0, 0.1) is 0 Å². The number of alkyl halides is 3. The van der Waals surface area contributed by atoms with Crippen LogP contribution in [0.25, 0.3) is 0 Å². The van der Waals surface area contributed by atoms with Crippen molar-refractivity contribution in [2.24, 2.45) is 0 Å². The van der Waals surface area contributed by atoms with E-state index in [0.29, 0.717) is 12.8 Å². The van der Waals surface area contributed by atoms with Crippen LogP contribution < -0.4 is 0 Å². The van der Waals surface area contributed by atoms with E-state index in [2.05, 4.69) is 4.74 Å². The van der Waals surface area contributed by atoms with E-state index in [-0.39, 0.29) is 0 Å². The second-order valence-electron chi connectivity index (χ2n) is 2.98. The van der Waals surface area contributed by atoms with Crippen LogP contribution in [0.4, 0.5) is 13.2 Å². The topological polar surface area (TPSA) is 46.5 Å². The number of hydrogen-bond acceptors (Lipinski definition) is 3. The van der Waals surface area contributed by atoms with Crippen molar-refractivity contribution in [2.45, 2.75) is 45.1 Å². The molecule has 0 rings (SSSR count). The lowest BCUT2D eigenvalue weighted by atomic mass is 10.2. The molecule has 3 nitrogen and oxygen atoms in total. The summed E-state index contributed by atoms with van der Waals surface area (Å²) in [6.45, 7) is 3.29. The van der Waals surface area contributed by atoms with Gasteiger partial charge in [0.2, 0.25) is 6.10 Å². The summed E-state index contributed by atoms with van der Waals surface area (Å²) in [6, 6.07) is 0. The van der Waals surface area contributed by atoms with Crippen LogP contribution in [0.5, 0.6) is 0 Å². The molecule has 0 aromatic heterocycles. The van der Waals surface area contributed by atoms with Crippen LogP contribution in [-0.4, -0.2) is 29.5 Å². The molecule has 1 unspecified atom stereocenters. The monoisotopic (exact) mass is 214 g/mol. The minimum absolute atomic E-state index is 0.469. The van der Waals surface area contributed by atoms with Gasteiger partial charge < -0.3 is 9.84 Å². The highest BCUT2D eigenvalue weighted by atomic mass is 19.4. The lowest BCUT2D eigenvalue weighted by Gasteiger charge is -2.17. The molecule has 6 heteroatoms. The quantitative estimate of drug-likeness (QED) is 0.723. The number of ether oxygens (including phenoxy) is 1. The summed E-state index contributed by atoms with van der Waals surface area (Å²) in [5, 5.41) is 8.47. The van der Waals surface area contributed by atoms with E-state index in [4.69, 9.17) is 5.11 Å². The minimum Gasteiger partial charge on any atom is -0.461 e. The van der Waals surface area contributed by atoms with Crippen molar-refractivity contribution in [3.63, 3.8) is 0 Å². The standard InChI is InChI=1S/C8H13F3O3/c1-3-4-5(2)14-7(13)6(12)8(9,10)11/h5-6,12H,3-4H2,1-2H3/t5?,6-/m0/s1. The number of aliphatic hydroxyl groups is 1. The van der Waals surface area contributed by atoms with E-state index < -0.39 is 24.4 Å². The fourth-order valence-corrected chi connectivity index (χ4v) is 0.862. The Morgan fingerprint density at radius 2 is 2.00 bits per heavy atom. The summed E-state index contributed by atoms with van der Waals surface area (Å²) >= 11 is 0. The molecule has 14 heavy (non-hydrogen) atoms. The first kappa shape index (κ1) is 13.2. The molecule has 0 heterocycles. The molecule has 0 aliphatic carbocycles. The number of carbonyl (C=O) groups is 1. The van der Waals surface area contributed by atoms with Crippen LogP contribution in [0.15, 0.2) is 0 Å². The highest BCUT2D eigenvalue weighted by Crippen LogP contribution is 2.21. The summed E-state index contributed by atoms with van der Waals surface area (Å²) in [4.78, 5) is 10.7. The second-order valence-corrected chi connectivity index (χ2v) is 2.98. The van der Waals surface area contributed by atoms with Gasteiger partial charge in [-0.1, -0.05) is 13.3 Å². The third-order valence-electron chi connectivity index (χ3n) is 1.55. The van der Waals surface area contributed by atoms with E-state index in [1.54, 1.807) is 0 Å². The van der Waals surface area contributed by atoms with Crippen molar-refractivity contribution in [1.29, 1.82) is 0 Å². The van der Waals surface area contributed by atoms with Gasteiger partial charge >= 0.3 is 12.1 Å². The van der Waals surface area contributed by atoms with Gasteiger partial charge in [-0.05, 0) is 13.3 Å². The Labute approximate surface area is 79.9 Å². The molecule has 0 saturated carbocycles. The maximum absolute atomic E-state index is 11.8. The fourth-order valence-electron chi connectivity index (χ4n) is 0.862.